The fourth-order valence-corrected chi connectivity index (χ4v) is 4.15. The standard InChI is InChI=1S/C27H30BrNO6/c1-31-21-9-5-19(6-10-21)17-35-22-11-7-18(15-24(22)33-3)13-14-29-25(30)16-20-8-12-23(32-2)27(34-4)26(20)28/h5-12,15H,13-14,16-17H2,1-4H3,(H,29,30). The van der Waals surface area contributed by atoms with Crippen molar-refractivity contribution in [3.63, 3.8) is 0 Å². The number of carbonyl (C=O) groups excluding carboxylic acids is 1. The number of benzene rings is 3. The van der Waals surface area contributed by atoms with Gasteiger partial charge < -0.3 is 29.0 Å². The molecule has 0 aliphatic carbocycles. The molecule has 0 aromatic heterocycles. The van der Waals surface area contributed by atoms with Gasteiger partial charge in [0, 0.05) is 6.54 Å². The monoisotopic (exact) mass is 543 g/mol. The van der Waals surface area contributed by atoms with Gasteiger partial charge in [-0.25, -0.2) is 0 Å². The molecule has 0 aliphatic heterocycles. The highest BCUT2D eigenvalue weighted by Gasteiger charge is 2.15. The van der Waals surface area contributed by atoms with E-state index in [2.05, 4.69) is 21.2 Å². The highest BCUT2D eigenvalue weighted by molar-refractivity contribution is 9.10. The van der Waals surface area contributed by atoms with Crippen molar-refractivity contribution in [2.75, 3.05) is 35.0 Å². The average Bonchev–Trinajstić information content (AvgIpc) is 2.89. The lowest BCUT2D eigenvalue weighted by molar-refractivity contribution is -0.120. The zero-order valence-electron chi connectivity index (χ0n) is 20.4. The maximum absolute atomic E-state index is 12.5. The molecule has 0 atom stereocenters. The first-order chi connectivity index (χ1) is 17.0. The first-order valence-electron chi connectivity index (χ1n) is 11.1. The summed E-state index contributed by atoms with van der Waals surface area (Å²) < 4.78 is 28.0. The molecule has 1 N–H and O–H groups in total. The van der Waals surface area contributed by atoms with Gasteiger partial charge in [0.2, 0.25) is 5.91 Å². The van der Waals surface area contributed by atoms with E-state index >= 15 is 0 Å². The van der Waals surface area contributed by atoms with Crippen molar-refractivity contribution in [1.29, 1.82) is 0 Å². The molecule has 0 saturated carbocycles. The molecule has 3 aromatic carbocycles. The molecule has 1 amide bonds. The number of methoxy groups -OCH3 is 4. The Balaban J connectivity index is 1.53. The van der Waals surface area contributed by atoms with E-state index in [0.29, 0.717) is 47.0 Å². The van der Waals surface area contributed by atoms with Gasteiger partial charge in [-0.2, -0.15) is 0 Å². The molecule has 186 valence electrons. The first-order valence-corrected chi connectivity index (χ1v) is 11.9. The molecule has 8 heteroatoms. The minimum absolute atomic E-state index is 0.0793. The van der Waals surface area contributed by atoms with Gasteiger partial charge in [0.1, 0.15) is 12.4 Å². The van der Waals surface area contributed by atoms with E-state index in [9.17, 15) is 4.79 Å². The predicted octanol–water partition coefficient (Wildman–Crippen LogP) is 4.96. The second-order valence-electron chi connectivity index (χ2n) is 7.67. The van der Waals surface area contributed by atoms with Crippen molar-refractivity contribution in [2.24, 2.45) is 0 Å². The van der Waals surface area contributed by atoms with Crippen molar-refractivity contribution < 1.29 is 28.5 Å². The summed E-state index contributed by atoms with van der Waals surface area (Å²) in [5, 5.41) is 2.97. The van der Waals surface area contributed by atoms with Crippen molar-refractivity contribution in [2.45, 2.75) is 19.4 Å². The Labute approximate surface area is 214 Å². The van der Waals surface area contributed by atoms with Crippen molar-refractivity contribution in [3.05, 3.63) is 75.8 Å². The molecule has 0 radical (unpaired) electrons. The van der Waals surface area contributed by atoms with E-state index in [1.165, 1.54) is 0 Å². The van der Waals surface area contributed by atoms with E-state index in [1.807, 2.05) is 48.5 Å². The number of hydrogen-bond acceptors (Lipinski definition) is 6. The van der Waals surface area contributed by atoms with Crippen molar-refractivity contribution >= 4 is 21.8 Å². The molecule has 0 heterocycles. The van der Waals surface area contributed by atoms with Gasteiger partial charge in [-0.05, 0) is 69.4 Å². The van der Waals surface area contributed by atoms with E-state index in [4.69, 9.17) is 23.7 Å². The third-order valence-electron chi connectivity index (χ3n) is 5.43. The summed E-state index contributed by atoms with van der Waals surface area (Å²) in [6.07, 6.45) is 0.885. The van der Waals surface area contributed by atoms with E-state index in [-0.39, 0.29) is 12.3 Å². The van der Waals surface area contributed by atoms with Crippen LogP contribution in [0.15, 0.2) is 59.1 Å². The maximum atomic E-state index is 12.5. The third-order valence-corrected chi connectivity index (χ3v) is 6.30. The molecule has 0 fully saturated rings. The minimum Gasteiger partial charge on any atom is -0.497 e. The lowest BCUT2D eigenvalue weighted by Crippen LogP contribution is -2.27. The molecule has 0 saturated heterocycles. The van der Waals surface area contributed by atoms with Gasteiger partial charge >= 0.3 is 0 Å². The summed E-state index contributed by atoms with van der Waals surface area (Å²) in [6, 6.07) is 17.2. The average molecular weight is 544 g/mol. The number of nitrogens with one attached hydrogen (secondary N) is 1. The van der Waals surface area contributed by atoms with E-state index < -0.39 is 0 Å². The fourth-order valence-electron chi connectivity index (χ4n) is 3.52. The van der Waals surface area contributed by atoms with Crippen LogP contribution < -0.4 is 29.0 Å². The molecule has 0 unspecified atom stereocenters. The summed E-state index contributed by atoms with van der Waals surface area (Å²) in [6.45, 7) is 0.917. The van der Waals surface area contributed by atoms with Gasteiger partial charge in [0.25, 0.3) is 0 Å². The molecular formula is C27H30BrNO6. The largest absolute Gasteiger partial charge is 0.497 e. The molecule has 35 heavy (non-hydrogen) atoms. The zero-order chi connectivity index (χ0) is 25.2. The SMILES string of the molecule is COc1ccc(COc2ccc(CCNC(=O)Cc3ccc(OC)c(OC)c3Br)cc2OC)cc1. The van der Waals surface area contributed by atoms with Crippen LogP contribution in [0.3, 0.4) is 0 Å². The summed E-state index contributed by atoms with van der Waals surface area (Å²) in [7, 11) is 6.39. The summed E-state index contributed by atoms with van der Waals surface area (Å²) in [5.74, 6) is 3.21. The maximum Gasteiger partial charge on any atom is 0.224 e. The van der Waals surface area contributed by atoms with Gasteiger partial charge in [0.05, 0.1) is 39.3 Å². The van der Waals surface area contributed by atoms with E-state index in [1.54, 1.807) is 34.5 Å². The van der Waals surface area contributed by atoms with Crippen LogP contribution in [0.4, 0.5) is 0 Å². The Morgan fingerprint density at radius 2 is 1.49 bits per heavy atom. The molecule has 0 aliphatic rings. The van der Waals surface area contributed by atoms with Gasteiger partial charge in [-0.1, -0.05) is 24.3 Å². The number of hydrogen-bond donors (Lipinski definition) is 1. The molecule has 3 aromatic rings. The van der Waals surface area contributed by atoms with Crippen molar-refractivity contribution in [3.8, 4) is 28.7 Å². The highest BCUT2D eigenvalue weighted by Crippen LogP contribution is 2.37. The number of amides is 1. The Kier molecular flexibility index (Phi) is 9.66. The van der Waals surface area contributed by atoms with Crippen LogP contribution in [0.2, 0.25) is 0 Å². The Morgan fingerprint density at radius 1 is 0.800 bits per heavy atom. The smallest absolute Gasteiger partial charge is 0.224 e. The van der Waals surface area contributed by atoms with Gasteiger partial charge in [-0.3, -0.25) is 4.79 Å². The lowest BCUT2D eigenvalue weighted by atomic mass is 10.1. The first kappa shape index (κ1) is 26.2. The number of carbonyl (C=O) groups is 1. The second-order valence-corrected chi connectivity index (χ2v) is 8.47. The van der Waals surface area contributed by atoms with E-state index in [0.717, 1.165) is 22.4 Å². The zero-order valence-corrected chi connectivity index (χ0v) is 21.9. The number of ether oxygens (including phenoxy) is 5. The van der Waals surface area contributed by atoms with Crippen LogP contribution in [0.25, 0.3) is 0 Å². The van der Waals surface area contributed by atoms with Crippen LogP contribution in [0, 0.1) is 0 Å². The van der Waals surface area contributed by atoms with Crippen LogP contribution in [0.1, 0.15) is 16.7 Å². The Bertz CT molecular complexity index is 1130. The number of halogens is 1. The van der Waals surface area contributed by atoms with Crippen LogP contribution in [-0.2, 0) is 24.2 Å². The normalized spacial score (nSPS) is 10.4. The second kappa shape index (κ2) is 12.9. The topological polar surface area (TPSA) is 75.3 Å². The molecule has 0 bridgehead atoms. The molecule has 7 nitrogen and oxygen atoms in total. The highest BCUT2D eigenvalue weighted by atomic mass is 79.9. The Morgan fingerprint density at radius 3 is 2.14 bits per heavy atom. The molecule has 3 rings (SSSR count). The lowest BCUT2D eigenvalue weighted by Gasteiger charge is -2.14. The summed E-state index contributed by atoms with van der Waals surface area (Å²) in [5.41, 5.74) is 2.88. The summed E-state index contributed by atoms with van der Waals surface area (Å²) >= 11 is 3.51. The fraction of sp³-hybridized carbons (Fsp3) is 0.296. The van der Waals surface area contributed by atoms with Gasteiger partial charge in [0.15, 0.2) is 23.0 Å². The number of rotatable bonds is 12. The van der Waals surface area contributed by atoms with Crippen LogP contribution in [-0.4, -0.2) is 40.9 Å². The van der Waals surface area contributed by atoms with Crippen LogP contribution >= 0.6 is 15.9 Å². The molecule has 0 spiro atoms. The Hall–Kier alpha value is -3.39. The third kappa shape index (κ3) is 7.05. The van der Waals surface area contributed by atoms with Crippen LogP contribution in [0.5, 0.6) is 28.7 Å². The van der Waals surface area contributed by atoms with Crippen molar-refractivity contribution in [1.82, 2.24) is 5.32 Å². The summed E-state index contributed by atoms with van der Waals surface area (Å²) in [4.78, 5) is 12.5. The van der Waals surface area contributed by atoms with Gasteiger partial charge in [-0.15, -0.1) is 0 Å². The quantitative estimate of drug-likeness (QED) is 0.348. The predicted molar refractivity (Wildman–Crippen MR) is 138 cm³/mol. The minimum atomic E-state index is -0.0793. The molecular weight excluding hydrogens is 514 g/mol.